The van der Waals surface area contributed by atoms with Crippen LogP contribution >= 0.6 is 0 Å². The maximum atomic E-state index is 11.4. The van der Waals surface area contributed by atoms with Gasteiger partial charge in [-0.25, -0.2) is 0 Å². The summed E-state index contributed by atoms with van der Waals surface area (Å²) in [5.41, 5.74) is 5.47. The molecule has 0 aromatic rings. The third-order valence-corrected chi connectivity index (χ3v) is 3.32. The average Bonchev–Trinajstić information content (AvgIpc) is 1.84. The Morgan fingerprint density at radius 1 is 1.33 bits per heavy atom. The van der Waals surface area contributed by atoms with E-state index in [1.54, 1.807) is 0 Å². The first kappa shape index (κ1) is 12.1. The summed E-state index contributed by atoms with van der Waals surface area (Å²) in [5, 5.41) is 0. The largest absolute Gasteiger partial charge is 0.325 e. The van der Waals surface area contributed by atoms with Crippen LogP contribution in [0.3, 0.4) is 0 Å². The summed E-state index contributed by atoms with van der Waals surface area (Å²) in [6, 6.07) is 0. The number of nitrogens with two attached hydrogens (primary N) is 1. The van der Waals surface area contributed by atoms with E-state index in [1.807, 2.05) is 13.8 Å². The molecule has 0 aliphatic carbocycles. The molecule has 0 aromatic carbocycles. The van der Waals surface area contributed by atoms with Gasteiger partial charge in [0.2, 0.25) is 0 Å². The van der Waals surface area contributed by atoms with Crippen LogP contribution in [0.2, 0.25) is 0 Å². The first-order valence-electron chi connectivity index (χ1n) is 4.59. The minimum atomic E-state index is -0.716. The highest BCUT2D eigenvalue weighted by atomic mass is 32.2. The van der Waals surface area contributed by atoms with Gasteiger partial charge in [0.15, 0.2) is 0 Å². The van der Waals surface area contributed by atoms with Gasteiger partial charge in [0, 0.05) is 27.8 Å². The zero-order valence-electron chi connectivity index (χ0n) is 8.43. The molecule has 0 rings (SSSR count). The lowest BCUT2D eigenvalue weighted by Gasteiger charge is -2.17. The van der Waals surface area contributed by atoms with Crippen molar-refractivity contribution in [1.82, 2.24) is 0 Å². The quantitative estimate of drug-likeness (QED) is 0.649. The minimum Gasteiger partial charge on any atom is -0.325 e. The SMILES string of the molecule is CCCCCS(=O)CC(C)(C)N. The summed E-state index contributed by atoms with van der Waals surface area (Å²) < 4.78 is 11.4. The molecule has 0 saturated carbocycles. The Hall–Kier alpha value is 0.110. The summed E-state index contributed by atoms with van der Waals surface area (Å²) in [7, 11) is -0.716. The van der Waals surface area contributed by atoms with Crippen molar-refractivity contribution in [2.75, 3.05) is 11.5 Å². The fourth-order valence-corrected chi connectivity index (χ4v) is 2.50. The molecule has 0 aliphatic rings. The van der Waals surface area contributed by atoms with Crippen LogP contribution in [-0.4, -0.2) is 21.3 Å². The maximum absolute atomic E-state index is 11.4. The molecular weight excluding hydrogens is 170 g/mol. The Kier molecular flexibility index (Phi) is 5.76. The lowest BCUT2D eigenvalue weighted by Crippen LogP contribution is -2.38. The number of hydrogen-bond acceptors (Lipinski definition) is 2. The Labute approximate surface area is 78.4 Å². The molecule has 3 heteroatoms. The molecule has 0 saturated heterocycles. The van der Waals surface area contributed by atoms with E-state index in [0.29, 0.717) is 5.75 Å². The molecule has 0 fully saturated rings. The highest BCUT2D eigenvalue weighted by molar-refractivity contribution is 7.85. The normalized spacial score (nSPS) is 14.7. The second-order valence-corrected chi connectivity index (χ2v) is 5.56. The van der Waals surface area contributed by atoms with E-state index >= 15 is 0 Å². The van der Waals surface area contributed by atoms with Gasteiger partial charge >= 0.3 is 0 Å². The zero-order chi connectivity index (χ0) is 9.61. The van der Waals surface area contributed by atoms with Gasteiger partial charge in [-0.05, 0) is 20.3 Å². The molecule has 0 heterocycles. The van der Waals surface area contributed by atoms with E-state index in [-0.39, 0.29) is 5.54 Å². The molecule has 0 aliphatic heterocycles. The molecule has 74 valence electrons. The van der Waals surface area contributed by atoms with Crippen LogP contribution < -0.4 is 5.73 Å². The summed E-state index contributed by atoms with van der Waals surface area (Å²) in [5.74, 6) is 1.44. The molecule has 0 bridgehead atoms. The number of unbranched alkanes of at least 4 members (excludes halogenated alkanes) is 2. The van der Waals surface area contributed by atoms with Gasteiger partial charge in [-0.15, -0.1) is 0 Å². The van der Waals surface area contributed by atoms with Crippen molar-refractivity contribution in [2.45, 2.75) is 45.6 Å². The first-order valence-corrected chi connectivity index (χ1v) is 6.08. The molecule has 0 amide bonds. The maximum Gasteiger partial charge on any atom is 0.0409 e. The van der Waals surface area contributed by atoms with Gasteiger partial charge in [-0.1, -0.05) is 19.8 Å². The first-order chi connectivity index (χ1) is 5.45. The summed E-state index contributed by atoms with van der Waals surface area (Å²) >= 11 is 0. The fraction of sp³-hybridized carbons (Fsp3) is 1.00. The van der Waals surface area contributed by atoms with E-state index in [4.69, 9.17) is 5.73 Å². The second-order valence-electron chi connectivity index (χ2n) is 3.98. The standard InChI is InChI=1S/C9H21NOS/c1-4-5-6-7-12(11)8-9(2,3)10/h4-8,10H2,1-3H3. The van der Waals surface area contributed by atoms with Crippen molar-refractivity contribution in [3.05, 3.63) is 0 Å². The Morgan fingerprint density at radius 2 is 1.92 bits per heavy atom. The van der Waals surface area contributed by atoms with Crippen LogP contribution in [0.5, 0.6) is 0 Å². The lowest BCUT2D eigenvalue weighted by molar-refractivity contribution is 0.576. The molecule has 1 unspecified atom stereocenters. The molecule has 0 spiro atoms. The summed E-state index contributed by atoms with van der Waals surface area (Å²) in [6.07, 6.45) is 3.43. The van der Waals surface area contributed by atoms with Crippen molar-refractivity contribution in [3.63, 3.8) is 0 Å². The monoisotopic (exact) mass is 191 g/mol. The van der Waals surface area contributed by atoms with Crippen molar-refractivity contribution >= 4 is 10.8 Å². The number of hydrogen-bond donors (Lipinski definition) is 1. The van der Waals surface area contributed by atoms with Crippen molar-refractivity contribution < 1.29 is 4.21 Å². The summed E-state index contributed by atoms with van der Waals surface area (Å²) in [4.78, 5) is 0. The Morgan fingerprint density at radius 3 is 2.33 bits per heavy atom. The van der Waals surface area contributed by atoms with Gasteiger partial charge in [0.1, 0.15) is 0 Å². The van der Waals surface area contributed by atoms with Crippen LogP contribution in [0.4, 0.5) is 0 Å². The van der Waals surface area contributed by atoms with Crippen molar-refractivity contribution in [1.29, 1.82) is 0 Å². The van der Waals surface area contributed by atoms with Gasteiger partial charge in [0.25, 0.3) is 0 Å². The van der Waals surface area contributed by atoms with Crippen LogP contribution in [-0.2, 0) is 10.8 Å². The lowest BCUT2D eigenvalue weighted by atomic mass is 10.1. The number of rotatable bonds is 6. The van der Waals surface area contributed by atoms with Gasteiger partial charge in [0.05, 0.1) is 0 Å². The van der Waals surface area contributed by atoms with Crippen LogP contribution in [0.15, 0.2) is 0 Å². The van der Waals surface area contributed by atoms with E-state index in [0.717, 1.165) is 12.2 Å². The molecule has 2 nitrogen and oxygen atoms in total. The van der Waals surface area contributed by atoms with Gasteiger partial charge in [-0.3, -0.25) is 4.21 Å². The van der Waals surface area contributed by atoms with Crippen LogP contribution in [0, 0.1) is 0 Å². The average molecular weight is 191 g/mol. The molecule has 2 N–H and O–H groups in total. The molecule has 0 radical (unpaired) electrons. The van der Waals surface area contributed by atoms with Gasteiger partial charge in [-0.2, -0.15) is 0 Å². The smallest absolute Gasteiger partial charge is 0.0409 e. The second kappa shape index (κ2) is 5.70. The Bertz CT molecular complexity index is 140. The Balaban J connectivity index is 3.47. The van der Waals surface area contributed by atoms with E-state index in [2.05, 4.69) is 6.92 Å². The molecule has 0 aromatic heterocycles. The topological polar surface area (TPSA) is 43.1 Å². The van der Waals surface area contributed by atoms with Crippen molar-refractivity contribution in [2.24, 2.45) is 5.73 Å². The third kappa shape index (κ3) is 8.21. The van der Waals surface area contributed by atoms with E-state index in [9.17, 15) is 4.21 Å². The van der Waals surface area contributed by atoms with Crippen LogP contribution in [0.25, 0.3) is 0 Å². The molecule has 12 heavy (non-hydrogen) atoms. The fourth-order valence-electron chi connectivity index (χ4n) is 1.00. The zero-order valence-corrected chi connectivity index (χ0v) is 9.25. The third-order valence-electron chi connectivity index (χ3n) is 1.51. The molecule has 1 atom stereocenters. The highest BCUT2D eigenvalue weighted by Gasteiger charge is 2.14. The van der Waals surface area contributed by atoms with Crippen molar-refractivity contribution in [3.8, 4) is 0 Å². The highest BCUT2D eigenvalue weighted by Crippen LogP contribution is 2.03. The molecular formula is C9H21NOS. The predicted octanol–water partition coefficient (Wildman–Crippen LogP) is 1.66. The van der Waals surface area contributed by atoms with E-state index < -0.39 is 10.8 Å². The summed E-state index contributed by atoms with van der Waals surface area (Å²) in [6.45, 7) is 5.99. The van der Waals surface area contributed by atoms with E-state index in [1.165, 1.54) is 12.8 Å². The van der Waals surface area contributed by atoms with Gasteiger partial charge < -0.3 is 5.73 Å². The minimum absolute atomic E-state index is 0.281. The van der Waals surface area contributed by atoms with Crippen LogP contribution in [0.1, 0.15) is 40.0 Å². The predicted molar refractivity (Wildman–Crippen MR) is 55.7 cm³/mol.